The molecule has 1 saturated heterocycles. The van der Waals surface area contributed by atoms with Crippen LogP contribution in [0.5, 0.6) is 5.75 Å². The lowest BCUT2D eigenvalue weighted by atomic mass is 10.2. The van der Waals surface area contributed by atoms with Gasteiger partial charge in [-0.1, -0.05) is 12.1 Å². The molecule has 1 N–H and O–H groups in total. The largest absolute Gasteiger partial charge is 0.497 e. The third kappa shape index (κ3) is 2.65. The van der Waals surface area contributed by atoms with Crippen molar-refractivity contribution in [1.29, 1.82) is 0 Å². The van der Waals surface area contributed by atoms with Crippen LogP contribution in [-0.4, -0.2) is 28.9 Å². The van der Waals surface area contributed by atoms with Crippen molar-refractivity contribution in [2.24, 2.45) is 0 Å². The van der Waals surface area contributed by atoms with E-state index in [9.17, 15) is 9.59 Å². The molecule has 6 heteroatoms. The van der Waals surface area contributed by atoms with Crippen LogP contribution in [0.3, 0.4) is 0 Å². The quantitative estimate of drug-likeness (QED) is 0.649. The topological polar surface area (TPSA) is 58.6 Å². The van der Waals surface area contributed by atoms with E-state index in [-0.39, 0.29) is 23.3 Å². The van der Waals surface area contributed by atoms with Gasteiger partial charge in [-0.15, -0.1) is 0 Å². The summed E-state index contributed by atoms with van der Waals surface area (Å²) in [6.45, 7) is 0.349. The van der Waals surface area contributed by atoms with Crippen LogP contribution in [0.25, 0.3) is 0 Å². The van der Waals surface area contributed by atoms with Gasteiger partial charge in [-0.05, 0) is 29.9 Å². The van der Waals surface area contributed by atoms with Gasteiger partial charge in [0.05, 0.1) is 13.7 Å². The van der Waals surface area contributed by atoms with E-state index in [1.165, 1.54) is 4.90 Å². The maximum absolute atomic E-state index is 11.7. The lowest BCUT2D eigenvalue weighted by Gasteiger charge is -2.27. The van der Waals surface area contributed by atoms with Crippen LogP contribution >= 0.6 is 12.2 Å². The second kappa shape index (κ2) is 5.14. The van der Waals surface area contributed by atoms with Gasteiger partial charge in [-0.25, -0.2) is 0 Å². The number of nitrogens with one attached hydrogen (secondary N) is 1. The highest BCUT2D eigenvalue weighted by Gasteiger charge is 2.27. The SMILES string of the molecule is COc1ccc(CN2C(=O)CC(=O)NC2=S)cc1. The Balaban J connectivity index is 2.10. The third-order valence-electron chi connectivity index (χ3n) is 2.60. The molecule has 2 amide bonds. The van der Waals surface area contributed by atoms with Gasteiger partial charge >= 0.3 is 0 Å². The highest BCUT2D eigenvalue weighted by molar-refractivity contribution is 7.80. The normalized spacial score (nSPS) is 15.6. The number of amides is 2. The van der Waals surface area contributed by atoms with Gasteiger partial charge < -0.3 is 10.1 Å². The van der Waals surface area contributed by atoms with Gasteiger partial charge in [-0.2, -0.15) is 0 Å². The van der Waals surface area contributed by atoms with E-state index in [1.807, 2.05) is 24.3 Å². The first-order valence-electron chi connectivity index (χ1n) is 5.37. The third-order valence-corrected chi connectivity index (χ3v) is 2.93. The zero-order chi connectivity index (χ0) is 13.1. The van der Waals surface area contributed by atoms with Crippen LogP contribution in [0.2, 0.25) is 0 Å². The summed E-state index contributed by atoms with van der Waals surface area (Å²) in [6.07, 6.45) is -0.156. The number of ether oxygens (including phenoxy) is 1. The van der Waals surface area contributed by atoms with Crippen molar-refractivity contribution >= 4 is 29.1 Å². The summed E-state index contributed by atoms with van der Waals surface area (Å²) in [7, 11) is 1.59. The molecular weight excluding hydrogens is 252 g/mol. The first kappa shape index (κ1) is 12.5. The zero-order valence-corrected chi connectivity index (χ0v) is 10.6. The molecule has 1 aliphatic heterocycles. The number of hydrogen-bond donors (Lipinski definition) is 1. The van der Waals surface area contributed by atoms with Crippen LogP contribution < -0.4 is 10.1 Å². The fraction of sp³-hybridized carbons (Fsp3) is 0.250. The highest BCUT2D eigenvalue weighted by atomic mass is 32.1. The Morgan fingerprint density at radius 3 is 2.56 bits per heavy atom. The summed E-state index contributed by atoms with van der Waals surface area (Å²) < 4.78 is 5.05. The predicted molar refractivity (Wildman–Crippen MR) is 68.9 cm³/mol. The van der Waals surface area contributed by atoms with Gasteiger partial charge in [0.15, 0.2) is 5.11 Å². The van der Waals surface area contributed by atoms with Crippen LogP contribution in [0.1, 0.15) is 12.0 Å². The van der Waals surface area contributed by atoms with Gasteiger partial charge in [-0.3, -0.25) is 14.5 Å². The second-order valence-electron chi connectivity index (χ2n) is 3.86. The fourth-order valence-electron chi connectivity index (χ4n) is 1.65. The highest BCUT2D eigenvalue weighted by Crippen LogP contribution is 2.14. The summed E-state index contributed by atoms with van der Waals surface area (Å²) in [4.78, 5) is 24.2. The first-order valence-corrected chi connectivity index (χ1v) is 5.78. The summed E-state index contributed by atoms with van der Waals surface area (Å²) in [6, 6.07) is 7.33. The van der Waals surface area contributed by atoms with Crippen molar-refractivity contribution in [2.45, 2.75) is 13.0 Å². The van der Waals surface area contributed by atoms with E-state index in [4.69, 9.17) is 17.0 Å². The van der Waals surface area contributed by atoms with Crippen LogP contribution in [-0.2, 0) is 16.1 Å². The standard InChI is InChI=1S/C12H12N2O3S/c1-17-9-4-2-8(3-5-9)7-14-11(16)6-10(15)13-12(14)18/h2-5H,6-7H2,1H3,(H,13,15,18). The minimum atomic E-state index is -0.351. The molecule has 2 rings (SSSR count). The molecule has 1 fully saturated rings. The predicted octanol–water partition coefficient (Wildman–Crippen LogP) is 0.829. The smallest absolute Gasteiger partial charge is 0.238 e. The summed E-state index contributed by atoms with van der Waals surface area (Å²) >= 11 is 4.98. The monoisotopic (exact) mass is 264 g/mol. The van der Waals surface area contributed by atoms with Gasteiger partial charge in [0.1, 0.15) is 12.2 Å². The average molecular weight is 264 g/mol. The van der Waals surface area contributed by atoms with Crippen molar-refractivity contribution in [1.82, 2.24) is 10.2 Å². The molecule has 0 radical (unpaired) electrons. The molecule has 1 aromatic carbocycles. The van der Waals surface area contributed by atoms with Crippen LogP contribution in [0.4, 0.5) is 0 Å². The Kier molecular flexibility index (Phi) is 3.57. The molecule has 94 valence electrons. The molecule has 0 saturated carbocycles. The number of thiocarbonyl (C=S) groups is 1. The van der Waals surface area contributed by atoms with Crippen molar-refractivity contribution in [3.05, 3.63) is 29.8 Å². The molecule has 1 aromatic rings. The van der Waals surface area contributed by atoms with Crippen molar-refractivity contribution < 1.29 is 14.3 Å². The first-order chi connectivity index (χ1) is 8.60. The fourth-order valence-corrected chi connectivity index (χ4v) is 1.93. The maximum atomic E-state index is 11.7. The maximum Gasteiger partial charge on any atom is 0.238 e. The van der Waals surface area contributed by atoms with Crippen LogP contribution in [0, 0.1) is 0 Å². The van der Waals surface area contributed by atoms with Gasteiger partial charge in [0, 0.05) is 0 Å². The van der Waals surface area contributed by atoms with Crippen LogP contribution in [0.15, 0.2) is 24.3 Å². The Labute approximate surface area is 110 Å². The van der Waals surface area contributed by atoms with Crippen molar-refractivity contribution in [3.8, 4) is 5.75 Å². The molecular formula is C12H12N2O3S. The Bertz CT molecular complexity index is 479. The Morgan fingerprint density at radius 2 is 2.00 bits per heavy atom. The van der Waals surface area contributed by atoms with Gasteiger partial charge in [0.25, 0.3) is 0 Å². The number of rotatable bonds is 3. The molecule has 1 heterocycles. The second-order valence-corrected chi connectivity index (χ2v) is 4.24. The molecule has 5 nitrogen and oxygen atoms in total. The van der Waals surface area contributed by atoms with Crippen molar-refractivity contribution in [2.75, 3.05) is 7.11 Å². The minimum absolute atomic E-state index is 0.156. The Hall–Kier alpha value is -1.95. The minimum Gasteiger partial charge on any atom is -0.497 e. The van der Waals surface area contributed by atoms with E-state index >= 15 is 0 Å². The molecule has 0 unspecified atom stereocenters. The molecule has 1 aliphatic rings. The lowest BCUT2D eigenvalue weighted by Crippen LogP contribution is -2.51. The number of benzene rings is 1. The lowest BCUT2D eigenvalue weighted by molar-refractivity contribution is -0.135. The number of methoxy groups -OCH3 is 1. The zero-order valence-electron chi connectivity index (χ0n) is 9.80. The Morgan fingerprint density at radius 1 is 1.33 bits per heavy atom. The summed E-state index contributed by atoms with van der Waals surface area (Å²) in [5.41, 5.74) is 0.919. The van der Waals surface area contributed by atoms with Gasteiger partial charge in [0.2, 0.25) is 11.8 Å². The number of carbonyl (C=O) groups is 2. The van der Waals surface area contributed by atoms with E-state index in [0.29, 0.717) is 6.54 Å². The molecule has 0 spiro atoms. The van der Waals surface area contributed by atoms with Crippen molar-refractivity contribution in [3.63, 3.8) is 0 Å². The molecule has 0 bridgehead atoms. The van der Waals surface area contributed by atoms with E-state index in [0.717, 1.165) is 11.3 Å². The van der Waals surface area contributed by atoms with E-state index in [2.05, 4.69) is 5.32 Å². The average Bonchev–Trinajstić information content (AvgIpc) is 2.34. The number of nitrogens with zero attached hydrogens (tertiary/aromatic N) is 1. The number of carbonyl (C=O) groups excluding carboxylic acids is 2. The molecule has 0 aliphatic carbocycles. The number of hydrogen-bond acceptors (Lipinski definition) is 4. The molecule has 18 heavy (non-hydrogen) atoms. The summed E-state index contributed by atoms with van der Waals surface area (Å²) in [5.74, 6) is 0.121. The molecule has 0 aromatic heterocycles. The van der Waals surface area contributed by atoms with E-state index < -0.39 is 0 Å². The molecule has 0 atom stereocenters. The summed E-state index contributed by atoms with van der Waals surface area (Å²) in [5, 5.41) is 2.63. The van der Waals surface area contributed by atoms with E-state index in [1.54, 1.807) is 7.11 Å².